The smallest absolute Gasteiger partial charge is 0.230 e. The van der Waals surface area contributed by atoms with E-state index in [2.05, 4.69) is 15.5 Å². The highest BCUT2D eigenvalue weighted by atomic mass is 35.5. The Morgan fingerprint density at radius 2 is 2.00 bits per heavy atom. The molecule has 0 unspecified atom stereocenters. The second kappa shape index (κ2) is 8.20. The summed E-state index contributed by atoms with van der Waals surface area (Å²) in [5.74, 6) is 5.86. The fourth-order valence-electron chi connectivity index (χ4n) is 2.18. The van der Waals surface area contributed by atoms with Crippen LogP contribution >= 0.6 is 23.4 Å². The maximum Gasteiger partial charge on any atom is 0.230 e. The Balaban J connectivity index is 1.56. The number of rotatable bonds is 6. The Kier molecular flexibility index (Phi) is 5.75. The molecule has 1 amide bonds. The quantitative estimate of drug-likeness (QED) is 0.498. The first-order valence-electron chi connectivity index (χ1n) is 7.63. The Bertz CT molecular complexity index is 916. The molecule has 3 rings (SSSR count). The lowest BCUT2D eigenvalue weighted by Crippen LogP contribution is -2.25. The third kappa shape index (κ3) is 4.53. The number of benzene rings is 2. The summed E-state index contributed by atoms with van der Waals surface area (Å²) in [5, 5.41) is 11.7. The second-order valence-electron chi connectivity index (χ2n) is 5.38. The number of aromatic nitrogens is 3. The van der Waals surface area contributed by atoms with E-state index in [0.29, 0.717) is 28.1 Å². The highest BCUT2D eigenvalue weighted by Crippen LogP contribution is 2.22. The maximum atomic E-state index is 13.3. The van der Waals surface area contributed by atoms with Crippen LogP contribution in [0.1, 0.15) is 5.56 Å². The van der Waals surface area contributed by atoms with Gasteiger partial charge in [0.15, 0.2) is 5.82 Å². The van der Waals surface area contributed by atoms with E-state index in [0.717, 1.165) is 17.3 Å². The van der Waals surface area contributed by atoms with Gasteiger partial charge in [-0.25, -0.2) is 9.07 Å². The van der Waals surface area contributed by atoms with Crippen LogP contribution in [0, 0.1) is 5.82 Å². The summed E-state index contributed by atoms with van der Waals surface area (Å²) >= 11 is 6.97. The van der Waals surface area contributed by atoms with Gasteiger partial charge in [-0.3, -0.25) is 4.79 Å². The molecule has 0 spiro atoms. The fraction of sp³-hybridized carbons (Fsp3) is 0.118. The van der Waals surface area contributed by atoms with Crippen molar-refractivity contribution in [2.45, 2.75) is 11.7 Å². The summed E-state index contributed by atoms with van der Waals surface area (Å²) < 4.78 is 14.6. The molecular formula is C17H15ClFN5OS. The molecule has 2 aromatic carbocycles. The standard InChI is InChI=1S/C17H15ClFN5OS/c18-13-6-4-11(5-7-13)9-21-15(25)10-26-17-23-22-16(24(17)20)12-2-1-3-14(19)8-12/h1-8H,9-10,20H2,(H,21,25). The molecule has 0 aliphatic carbocycles. The normalized spacial score (nSPS) is 10.7. The Morgan fingerprint density at radius 3 is 2.73 bits per heavy atom. The monoisotopic (exact) mass is 391 g/mol. The molecule has 6 nitrogen and oxygen atoms in total. The minimum Gasteiger partial charge on any atom is -0.351 e. The summed E-state index contributed by atoms with van der Waals surface area (Å²) in [6.45, 7) is 0.403. The third-order valence-electron chi connectivity index (χ3n) is 3.48. The van der Waals surface area contributed by atoms with Crippen LogP contribution in [0.25, 0.3) is 11.4 Å². The SMILES string of the molecule is Nn1c(SCC(=O)NCc2ccc(Cl)cc2)nnc1-c1cccc(F)c1. The fourth-order valence-corrected chi connectivity index (χ4v) is 3.00. The van der Waals surface area contributed by atoms with Gasteiger partial charge in [0.1, 0.15) is 5.82 Å². The maximum absolute atomic E-state index is 13.3. The van der Waals surface area contributed by atoms with Gasteiger partial charge in [0.25, 0.3) is 0 Å². The van der Waals surface area contributed by atoms with Gasteiger partial charge in [-0.05, 0) is 29.8 Å². The number of nitrogens with zero attached hydrogens (tertiary/aromatic N) is 3. The highest BCUT2D eigenvalue weighted by molar-refractivity contribution is 7.99. The largest absolute Gasteiger partial charge is 0.351 e. The number of hydrogen-bond donors (Lipinski definition) is 2. The van der Waals surface area contributed by atoms with Gasteiger partial charge < -0.3 is 11.2 Å². The lowest BCUT2D eigenvalue weighted by Gasteiger charge is -2.06. The van der Waals surface area contributed by atoms with Gasteiger partial charge in [-0.2, -0.15) is 0 Å². The van der Waals surface area contributed by atoms with Crippen molar-refractivity contribution >= 4 is 29.3 Å². The first kappa shape index (κ1) is 18.2. The summed E-state index contributed by atoms with van der Waals surface area (Å²) in [7, 11) is 0. The van der Waals surface area contributed by atoms with Crippen molar-refractivity contribution in [3.05, 3.63) is 64.9 Å². The lowest BCUT2D eigenvalue weighted by atomic mass is 10.2. The van der Waals surface area contributed by atoms with Crippen LogP contribution in [0.15, 0.2) is 53.7 Å². The number of carbonyl (C=O) groups is 1. The zero-order valence-corrected chi connectivity index (χ0v) is 15.1. The van der Waals surface area contributed by atoms with E-state index in [1.54, 1.807) is 24.3 Å². The molecule has 134 valence electrons. The third-order valence-corrected chi connectivity index (χ3v) is 4.68. The Hall–Kier alpha value is -2.58. The Labute approximate surface area is 158 Å². The lowest BCUT2D eigenvalue weighted by molar-refractivity contribution is -0.118. The number of amides is 1. The number of carbonyl (C=O) groups excluding carboxylic acids is 1. The molecule has 0 saturated heterocycles. The van der Waals surface area contributed by atoms with Crippen molar-refractivity contribution in [2.24, 2.45) is 0 Å². The van der Waals surface area contributed by atoms with Crippen LogP contribution in [0.5, 0.6) is 0 Å². The molecular weight excluding hydrogens is 377 g/mol. The van der Waals surface area contributed by atoms with Crippen molar-refractivity contribution in [2.75, 3.05) is 11.6 Å². The highest BCUT2D eigenvalue weighted by Gasteiger charge is 2.14. The average molecular weight is 392 g/mol. The first-order valence-corrected chi connectivity index (χ1v) is 8.99. The van der Waals surface area contributed by atoms with Gasteiger partial charge in [0, 0.05) is 17.1 Å². The molecule has 1 aromatic heterocycles. The molecule has 1 heterocycles. The molecule has 0 aliphatic heterocycles. The minimum atomic E-state index is -0.388. The Morgan fingerprint density at radius 1 is 1.23 bits per heavy atom. The number of thioether (sulfide) groups is 1. The predicted octanol–water partition coefficient (Wildman–Crippen LogP) is 2.86. The average Bonchev–Trinajstić information content (AvgIpc) is 3.00. The van der Waals surface area contributed by atoms with Crippen LogP contribution < -0.4 is 11.2 Å². The van der Waals surface area contributed by atoms with E-state index in [9.17, 15) is 9.18 Å². The van der Waals surface area contributed by atoms with Gasteiger partial charge in [0.05, 0.1) is 5.75 Å². The summed E-state index contributed by atoms with van der Waals surface area (Å²) in [6, 6.07) is 13.1. The summed E-state index contributed by atoms with van der Waals surface area (Å²) in [6.07, 6.45) is 0. The molecule has 9 heteroatoms. The number of hydrogen-bond acceptors (Lipinski definition) is 5. The summed E-state index contributed by atoms with van der Waals surface area (Å²) in [4.78, 5) is 12.0. The van der Waals surface area contributed by atoms with Crippen LogP contribution in [0.2, 0.25) is 5.02 Å². The minimum absolute atomic E-state index is 0.131. The van der Waals surface area contributed by atoms with Crippen molar-refractivity contribution in [1.82, 2.24) is 20.2 Å². The van der Waals surface area contributed by atoms with Gasteiger partial charge in [0.2, 0.25) is 11.1 Å². The van der Waals surface area contributed by atoms with Crippen LogP contribution in [0.3, 0.4) is 0 Å². The molecule has 0 aliphatic rings. The molecule has 3 N–H and O–H groups in total. The first-order chi connectivity index (χ1) is 12.5. The predicted molar refractivity (Wildman–Crippen MR) is 99.6 cm³/mol. The molecule has 3 aromatic rings. The second-order valence-corrected chi connectivity index (χ2v) is 6.76. The van der Waals surface area contributed by atoms with Crippen LogP contribution in [-0.2, 0) is 11.3 Å². The zero-order chi connectivity index (χ0) is 18.5. The van der Waals surface area contributed by atoms with Gasteiger partial charge in [-0.15, -0.1) is 10.2 Å². The molecule has 0 atom stereocenters. The molecule has 0 fully saturated rings. The van der Waals surface area contributed by atoms with E-state index in [1.165, 1.54) is 16.8 Å². The van der Waals surface area contributed by atoms with E-state index in [1.807, 2.05) is 12.1 Å². The molecule has 0 radical (unpaired) electrons. The zero-order valence-electron chi connectivity index (χ0n) is 13.5. The van der Waals surface area contributed by atoms with Gasteiger partial charge in [-0.1, -0.05) is 47.6 Å². The van der Waals surface area contributed by atoms with Crippen molar-refractivity contribution in [1.29, 1.82) is 0 Å². The van der Waals surface area contributed by atoms with Crippen molar-refractivity contribution in [3.63, 3.8) is 0 Å². The number of nitrogens with two attached hydrogens (primary N) is 1. The van der Waals surface area contributed by atoms with Gasteiger partial charge >= 0.3 is 0 Å². The van der Waals surface area contributed by atoms with Crippen LogP contribution in [0.4, 0.5) is 4.39 Å². The summed E-state index contributed by atoms with van der Waals surface area (Å²) in [5.41, 5.74) is 1.46. The number of nitrogens with one attached hydrogen (secondary N) is 1. The van der Waals surface area contributed by atoms with E-state index >= 15 is 0 Å². The molecule has 0 bridgehead atoms. The number of halogens is 2. The number of nitrogen functional groups attached to an aromatic ring is 1. The topological polar surface area (TPSA) is 85.8 Å². The van der Waals surface area contributed by atoms with Crippen molar-refractivity contribution < 1.29 is 9.18 Å². The molecule has 26 heavy (non-hydrogen) atoms. The molecule has 0 saturated carbocycles. The van der Waals surface area contributed by atoms with Crippen LogP contribution in [-0.4, -0.2) is 26.5 Å². The van der Waals surface area contributed by atoms with E-state index in [-0.39, 0.29) is 17.5 Å². The van der Waals surface area contributed by atoms with E-state index in [4.69, 9.17) is 17.4 Å². The van der Waals surface area contributed by atoms with Crippen molar-refractivity contribution in [3.8, 4) is 11.4 Å². The van der Waals surface area contributed by atoms with E-state index < -0.39 is 0 Å².